The Morgan fingerprint density at radius 2 is 1.51 bits per heavy atom. The normalized spacial score (nSPS) is 46.6. The van der Waals surface area contributed by atoms with Gasteiger partial charge in [-0.1, -0.05) is 60.6 Å². The van der Waals surface area contributed by atoms with Crippen molar-refractivity contribution in [2.75, 3.05) is 26.7 Å². The second-order valence-corrected chi connectivity index (χ2v) is 16.6. The van der Waals surface area contributed by atoms with Gasteiger partial charge in [0, 0.05) is 12.5 Å². The maximum Gasteiger partial charge on any atom is 0.312 e. The number of rotatable bonds is 7. The maximum atomic E-state index is 13.7. The number of hydrogen-bond donors (Lipinski definition) is 0. The van der Waals surface area contributed by atoms with E-state index in [9.17, 15) is 9.59 Å². The Labute approximate surface area is 251 Å². The molecule has 0 aromatic heterocycles. The summed E-state index contributed by atoms with van der Waals surface area (Å²) in [6.07, 6.45) is 11.3. The highest BCUT2D eigenvalue weighted by Crippen LogP contribution is 2.78. The van der Waals surface area contributed by atoms with Crippen molar-refractivity contribution in [2.45, 2.75) is 120 Å². The number of ketones is 1. The molecule has 0 radical (unpaired) electrons. The fourth-order valence-electron chi connectivity index (χ4n) is 13.2. The molecule has 5 saturated carbocycles. The zero-order valence-electron chi connectivity index (χ0n) is 28.0. The molecule has 0 aliphatic heterocycles. The summed E-state index contributed by atoms with van der Waals surface area (Å²) in [6.45, 7) is 26.8. The van der Waals surface area contributed by atoms with Gasteiger partial charge in [-0.15, -0.1) is 0 Å². The first-order chi connectivity index (χ1) is 19.2. The smallest absolute Gasteiger partial charge is 0.312 e. The standard InChI is InChI=1S/C37H61NO3/c1-11-38(12-2)23-24(3)26-15-20-37(32(40)41-10)22-21-35(8)28(31(26)37)13-14-30-34(7)18-16-27(25(4)39)33(5,6)29(34)17-19-36(30,35)9/h26-31H,3,11-23H2,1-2,4-10H3/t26-,27+,28+,29-,30+,31+,34-,35+,36+,37-/m0/s1. The molecule has 5 fully saturated rings. The summed E-state index contributed by atoms with van der Waals surface area (Å²) in [5.74, 6) is 3.18. The molecule has 0 unspecified atom stereocenters. The van der Waals surface area contributed by atoms with Gasteiger partial charge in [0.05, 0.1) is 12.5 Å². The minimum Gasteiger partial charge on any atom is -0.469 e. The van der Waals surface area contributed by atoms with E-state index in [1.54, 1.807) is 7.11 Å². The van der Waals surface area contributed by atoms with Gasteiger partial charge in [0.2, 0.25) is 0 Å². The van der Waals surface area contributed by atoms with Crippen LogP contribution in [0, 0.1) is 62.6 Å². The van der Waals surface area contributed by atoms with E-state index in [4.69, 9.17) is 11.3 Å². The summed E-state index contributed by atoms with van der Waals surface area (Å²) >= 11 is 0. The van der Waals surface area contributed by atoms with Crippen molar-refractivity contribution in [3.05, 3.63) is 12.2 Å². The van der Waals surface area contributed by atoms with Crippen LogP contribution in [-0.4, -0.2) is 43.4 Å². The van der Waals surface area contributed by atoms with Crippen LogP contribution < -0.4 is 0 Å². The van der Waals surface area contributed by atoms with Crippen LogP contribution in [0.3, 0.4) is 0 Å². The molecular formula is C37H61NO3. The Hall–Kier alpha value is -1.16. The SMILES string of the molecule is C=C(CN(CC)CC)[C@@H]1CC[C@]2(C(=O)OC)CC[C@]3(C)[C@H](CC[C@@H]4[C@@]5(C)CC[C@H](C(C)=O)C(C)(C)[C@@H]5CC[C@]43C)[C@@H]12. The Morgan fingerprint density at radius 1 is 0.829 bits per heavy atom. The first-order valence-electron chi connectivity index (χ1n) is 17.2. The number of nitrogens with zero attached hydrogens (tertiary/aromatic N) is 1. The number of hydrogen-bond acceptors (Lipinski definition) is 4. The molecular weight excluding hydrogens is 506 g/mol. The lowest BCUT2D eigenvalue weighted by molar-refractivity contribution is -0.243. The largest absolute Gasteiger partial charge is 0.469 e. The van der Waals surface area contributed by atoms with Gasteiger partial charge in [0.1, 0.15) is 5.78 Å². The van der Waals surface area contributed by atoms with E-state index in [1.807, 2.05) is 6.92 Å². The van der Waals surface area contributed by atoms with Gasteiger partial charge >= 0.3 is 5.97 Å². The molecule has 0 heterocycles. The van der Waals surface area contributed by atoms with Gasteiger partial charge in [-0.2, -0.15) is 0 Å². The van der Waals surface area contributed by atoms with Crippen LogP contribution in [0.15, 0.2) is 12.2 Å². The number of likely N-dealkylation sites (N-methyl/N-ethyl adjacent to an activating group) is 1. The fourth-order valence-corrected chi connectivity index (χ4v) is 13.2. The predicted octanol–water partition coefficient (Wildman–Crippen LogP) is 8.34. The Morgan fingerprint density at radius 3 is 2.12 bits per heavy atom. The molecule has 0 bridgehead atoms. The minimum absolute atomic E-state index is 0.0509. The lowest BCUT2D eigenvalue weighted by Crippen LogP contribution is -2.67. The molecule has 232 valence electrons. The summed E-state index contributed by atoms with van der Waals surface area (Å²) in [5.41, 5.74) is 1.78. The van der Waals surface area contributed by atoms with Gasteiger partial charge in [0.25, 0.3) is 0 Å². The van der Waals surface area contributed by atoms with Crippen LogP contribution in [-0.2, 0) is 14.3 Å². The molecule has 0 aromatic rings. The van der Waals surface area contributed by atoms with Crippen LogP contribution in [0.2, 0.25) is 0 Å². The zero-order chi connectivity index (χ0) is 30.2. The van der Waals surface area contributed by atoms with Crippen molar-refractivity contribution in [2.24, 2.45) is 62.6 Å². The Bertz CT molecular complexity index is 1060. The molecule has 0 N–H and O–H groups in total. The molecule has 5 aliphatic carbocycles. The topological polar surface area (TPSA) is 46.6 Å². The van der Waals surface area contributed by atoms with Gasteiger partial charge in [-0.3, -0.25) is 14.5 Å². The number of methoxy groups -OCH3 is 1. The van der Waals surface area contributed by atoms with Gasteiger partial charge in [-0.05, 0) is 135 Å². The number of carbonyl (C=O) groups excluding carboxylic acids is 2. The molecule has 0 spiro atoms. The zero-order valence-corrected chi connectivity index (χ0v) is 28.0. The summed E-state index contributed by atoms with van der Waals surface area (Å²) in [7, 11) is 1.61. The van der Waals surface area contributed by atoms with Crippen LogP contribution >= 0.6 is 0 Å². The molecule has 4 heteroatoms. The first-order valence-corrected chi connectivity index (χ1v) is 17.2. The van der Waals surface area contributed by atoms with Crippen molar-refractivity contribution in [1.29, 1.82) is 0 Å². The summed E-state index contributed by atoms with van der Waals surface area (Å²) in [4.78, 5) is 28.9. The maximum absolute atomic E-state index is 13.7. The molecule has 5 rings (SSSR count). The van der Waals surface area contributed by atoms with E-state index in [1.165, 1.54) is 37.7 Å². The lowest BCUT2D eigenvalue weighted by Gasteiger charge is -2.73. The van der Waals surface area contributed by atoms with E-state index in [-0.39, 0.29) is 39.0 Å². The Balaban J connectivity index is 1.52. The van der Waals surface area contributed by atoms with Gasteiger partial charge in [-0.25, -0.2) is 0 Å². The number of carbonyl (C=O) groups is 2. The average Bonchev–Trinajstić information content (AvgIpc) is 3.32. The van der Waals surface area contributed by atoms with Gasteiger partial charge < -0.3 is 4.74 Å². The molecule has 10 atom stereocenters. The summed E-state index contributed by atoms with van der Waals surface area (Å²) < 4.78 is 5.62. The third kappa shape index (κ3) is 4.21. The van der Waals surface area contributed by atoms with Crippen LogP contribution in [0.5, 0.6) is 0 Å². The van der Waals surface area contributed by atoms with E-state index >= 15 is 0 Å². The van der Waals surface area contributed by atoms with Crippen molar-refractivity contribution in [3.8, 4) is 0 Å². The van der Waals surface area contributed by atoms with E-state index in [2.05, 4.69) is 53.4 Å². The highest BCUT2D eigenvalue weighted by atomic mass is 16.5. The molecule has 4 nitrogen and oxygen atoms in total. The number of fused-ring (bicyclic) bond motifs is 7. The van der Waals surface area contributed by atoms with Crippen LogP contribution in [0.25, 0.3) is 0 Å². The number of esters is 1. The summed E-state index contributed by atoms with van der Waals surface area (Å²) in [6, 6.07) is 0. The Kier molecular flexibility index (Phi) is 7.99. The molecule has 5 aliphatic rings. The van der Waals surface area contributed by atoms with Crippen LogP contribution in [0.1, 0.15) is 120 Å². The summed E-state index contributed by atoms with van der Waals surface area (Å²) in [5, 5.41) is 0. The van der Waals surface area contributed by atoms with Gasteiger partial charge in [0.15, 0.2) is 0 Å². The molecule has 0 saturated heterocycles. The monoisotopic (exact) mass is 567 g/mol. The van der Waals surface area contributed by atoms with E-state index in [0.29, 0.717) is 35.4 Å². The third-order valence-corrected chi connectivity index (χ3v) is 15.4. The van der Waals surface area contributed by atoms with E-state index < -0.39 is 0 Å². The highest BCUT2D eigenvalue weighted by Gasteiger charge is 2.72. The van der Waals surface area contributed by atoms with Crippen molar-refractivity contribution in [3.63, 3.8) is 0 Å². The average molecular weight is 568 g/mol. The third-order valence-electron chi connectivity index (χ3n) is 15.4. The van der Waals surface area contributed by atoms with Crippen molar-refractivity contribution < 1.29 is 14.3 Å². The van der Waals surface area contributed by atoms with Crippen molar-refractivity contribution in [1.82, 2.24) is 4.90 Å². The fraction of sp³-hybridized carbons (Fsp3) is 0.892. The van der Waals surface area contributed by atoms with E-state index in [0.717, 1.165) is 51.7 Å². The molecule has 0 aromatic carbocycles. The lowest BCUT2D eigenvalue weighted by atomic mass is 9.32. The molecule has 41 heavy (non-hydrogen) atoms. The highest BCUT2D eigenvalue weighted by molar-refractivity contribution is 5.79. The quantitative estimate of drug-likeness (QED) is 0.229. The number of Topliss-reactive ketones (excluding diaryl/α,β-unsaturated/α-hetero) is 1. The second kappa shape index (κ2) is 10.5. The van der Waals surface area contributed by atoms with Crippen molar-refractivity contribution >= 4 is 11.8 Å². The van der Waals surface area contributed by atoms with Crippen LogP contribution in [0.4, 0.5) is 0 Å². The predicted molar refractivity (Wildman–Crippen MR) is 167 cm³/mol. The number of ether oxygens (including phenoxy) is 1. The first kappa shape index (κ1) is 31.3. The molecule has 0 amide bonds. The second-order valence-electron chi connectivity index (χ2n) is 16.6. The minimum atomic E-state index is -0.346.